The van der Waals surface area contributed by atoms with Crippen LogP contribution < -0.4 is 5.32 Å². The number of esters is 1. The van der Waals surface area contributed by atoms with Gasteiger partial charge in [-0.2, -0.15) is 0 Å². The molecule has 0 aromatic heterocycles. The molecule has 0 aromatic carbocycles. The molecule has 3 rings (SSSR count). The van der Waals surface area contributed by atoms with E-state index in [1.807, 2.05) is 19.9 Å². The number of ether oxygens (including phenoxy) is 4. The molecule has 38 heavy (non-hydrogen) atoms. The molecule has 3 saturated heterocycles. The molecule has 1 amide bonds. The standard InChI is InChI=1S/C28H41NO9/c1-16(7-10-24-27(34)28(15-35-28)14-21(38-24)13-26(32)33)6-9-23-17(2)12-22(19(4)37-23)29-25(31)11-8-18(3)36-20(5)30/h6-8,10-11,17-19,21-24,27,34H,9,12-15H2,1-5H3,(H,29,31)(H,32,33)/b10-7+,11-8+,16-6+. The lowest BCUT2D eigenvalue weighted by atomic mass is 9.87. The molecule has 3 N–H and O–H groups in total. The lowest BCUT2D eigenvalue weighted by molar-refractivity contribution is -0.155. The Labute approximate surface area is 224 Å². The van der Waals surface area contributed by atoms with Crippen molar-refractivity contribution >= 4 is 17.8 Å². The lowest BCUT2D eigenvalue weighted by Gasteiger charge is -2.39. The second-order valence-electron chi connectivity index (χ2n) is 10.7. The van der Waals surface area contributed by atoms with Gasteiger partial charge in [-0.1, -0.05) is 30.7 Å². The van der Waals surface area contributed by atoms with Crippen LogP contribution in [-0.2, 0) is 33.3 Å². The average molecular weight is 536 g/mol. The number of rotatable bonds is 10. The quantitative estimate of drug-likeness (QED) is 0.166. The van der Waals surface area contributed by atoms with E-state index < -0.39 is 42.0 Å². The van der Waals surface area contributed by atoms with E-state index in [1.54, 1.807) is 19.1 Å². The number of hydrogen-bond donors (Lipinski definition) is 3. The second kappa shape index (κ2) is 13.0. The molecule has 10 nitrogen and oxygen atoms in total. The first-order chi connectivity index (χ1) is 17.9. The predicted octanol–water partition coefficient (Wildman–Crippen LogP) is 2.45. The van der Waals surface area contributed by atoms with Crippen molar-refractivity contribution in [1.29, 1.82) is 0 Å². The Morgan fingerprint density at radius 1 is 1.18 bits per heavy atom. The third-order valence-corrected chi connectivity index (χ3v) is 7.33. The molecule has 3 heterocycles. The third-order valence-electron chi connectivity index (χ3n) is 7.33. The highest BCUT2D eigenvalue weighted by atomic mass is 16.6. The van der Waals surface area contributed by atoms with Crippen molar-refractivity contribution in [2.24, 2.45) is 5.92 Å². The number of aliphatic hydroxyl groups is 1. The SMILES string of the molecule is CC(=O)OC(C)/C=C/C(=O)NC1CC(C)C(C/C=C(C)/C=C/C2OC(CC(=O)O)CC3(CO3)C2O)OC1C. The van der Waals surface area contributed by atoms with Crippen LogP contribution in [0.25, 0.3) is 0 Å². The summed E-state index contributed by atoms with van der Waals surface area (Å²) in [6, 6.07) is -0.131. The maximum Gasteiger partial charge on any atom is 0.305 e. The Morgan fingerprint density at radius 3 is 2.53 bits per heavy atom. The van der Waals surface area contributed by atoms with E-state index in [1.165, 1.54) is 13.0 Å². The van der Waals surface area contributed by atoms with Gasteiger partial charge in [0.1, 0.15) is 23.9 Å². The third kappa shape index (κ3) is 8.49. The minimum Gasteiger partial charge on any atom is -0.481 e. The van der Waals surface area contributed by atoms with Crippen molar-refractivity contribution in [2.75, 3.05) is 6.61 Å². The van der Waals surface area contributed by atoms with Gasteiger partial charge >= 0.3 is 11.9 Å². The summed E-state index contributed by atoms with van der Waals surface area (Å²) in [6.45, 7) is 9.41. The normalized spacial score (nSPS) is 36.4. The van der Waals surface area contributed by atoms with E-state index in [0.29, 0.717) is 19.4 Å². The minimum absolute atomic E-state index is 0.0133. The first-order valence-corrected chi connectivity index (χ1v) is 13.2. The van der Waals surface area contributed by atoms with Gasteiger partial charge in [-0.05, 0) is 45.6 Å². The summed E-state index contributed by atoms with van der Waals surface area (Å²) in [5.74, 6) is -1.39. The van der Waals surface area contributed by atoms with Crippen LogP contribution in [0, 0.1) is 5.92 Å². The number of epoxide rings is 1. The monoisotopic (exact) mass is 535 g/mol. The number of carboxylic acid groups (broad SMARTS) is 1. The molecule has 0 bridgehead atoms. The molecular weight excluding hydrogens is 494 g/mol. The molecule has 1 spiro atoms. The molecule has 0 aromatic rings. The first kappa shape index (κ1) is 30.0. The van der Waals surface area contributed by atoms with Gasteiger partial charge in [0.25, 0.3) is 0 Å². The summed E-state index contributed by atoms with van der Waals surface area (Å²) in [5.41, 5.74) is 0.271. The molecule has 212 valence electrons. The van der Waals surface area contributed by atoms with E-state index in [2.05, 4.69) is 18.3 Å². The number of nitrogens with one attached hydrogen (secondary N) is 1. The Bertz CT molecular complexity index is 954. The van der Waals surface area contributed by atoms with Gasteiger partial charge in [0.05, 0.1) is 37.4 Å². The summed E-state index contributed by atoms with van der Waals surface area (Å²) in [7, 11) is 0. The topological polar surface area (TPSA) is 144 Å². The number of aliphatic hydroxyl groups excluding tert-OH is 1. The van der Waals surface area contributed by atoms with Crippen molar-refractivity contribution in [3.05, 3.63) is 36.0 Å². The van der Waals surface area contributed by atoms with Gasteiger partial charge in [-0.15, -0.1) is 0 Å². The summed E-state index contributed by atoms with van der Waals surface area (Å²) < 4.78 is 22.5. The largest absolute Gasteiger partial charge is 0.481 e. The highest BCUT2D eigenvalue weighted by Gasteiger charge is 2.58. The first-order valence-electron chi connectivity index (χ1n) is 13.2. The molecule has 3 aliphatic rings. The van der Waals surface area contributed by atoms with E-state index in [4.69, 9.17) is 24.1 Å². The lowest BCUT2D eigenvalue weighted by Crippen LogP contribution is -2.50. The molecule has 9 atom stereocenters. The van der Waals surface area contributed by atoms with Gasteiger partial charge in [-0.3, -0.25) is 14.4 Å². The highest BCUT2D eigenvalue weighted by Crippen LogP contribution is 2.43. The number of carboxylic acids is 1. The van der Waals surface area contributed by atoms with Crippen molar-refractivity contribution in [2.45, 2.75) is 109 Å². The fourth-order valence-electron chi connectivity index (χ4n) is 5.08. The Morgan fingerprint density at radius 2 is 1.89 bits per heavy atom. The van der Waals surface area contributed by atoms with Crippen molar-refractivity contribution < 1.29 is 43.5 Å². The molecule has 0 saturated carbocycles. The molecule has 9 unspecified atom stereocenters. The van der Waals surface area contributed by atoms with E-state index >= 15 is 0 Å². The Hall–Kier alpha value is -2.53. The smallest absolute Gasteiger partial charge is 0.305 e. The maximum atomic E-state index is 12.3. The van der Waals surface area contributed by atoms with Gasteiger partial charge in [0.2, 0.25) is 5.91 Å². The number of carbonyl (C=O) groups is 3. The molecule has 0 aliphatic carbocycles. The maximum absolute atomic E-state index is 12.3. The van der Waals surface area contributed by atoms with Crippen LogP contribution in [-0.4, -0.2) is 82.9 Å². The fraction of sp³-hybridized carbons (Fsp3) is 0.679. The van der Waals surface area contributed by atoms with Crippen LogP contribution in [0.15, 0.2) is 36.0 Å². The van der Waals surface area contributed by atoms with Crippen molar-refractivity contribution in [3.63, 3.8) is 0 Å². The second-order valence-corrected chi connectivity index (χ2v) is 10.7. The van der Waals surface area contributed by atoms with Crippen LogP contribution in [0.5, 0.6) is 0 Å². The van der Waals surface area contributed by atoms with Crippen LogP contribution in [0.3, 0.4) is 0 Å². The average Bonchev–Trinajstić information content (AvgIpc) is 3.59. The van der Waals surface area contributed by atoms with Crippen molar-refractivity contribution in [1.82, 2.24) is 5.32 Å². The number of hydrogen-bond acceptors (Lipinski definition) is 8. The van der Waals surface area contributed by atoms with E-state index in [9.17, 15) is 19.5 Å². The fourth-order valence-corrected chi connectivity index (χ4v) is 5.08. The minimum atomic E-state index is -0.941. The summed E-state index contributed by atoms with van der Waals surface area (Å²) in [4.78, 5) is 34.4. The molecular formula is C28H41NO9. The van der Waals surface area contributed by atoms with Gasteiger partial charge in [0.15, 0.2) is 0 Å². The molecule has 0 radical (unpaired) electrons. The van der Waals surface area contributed by atoms with Crippen LogP contribution in [0.2, 0.25) is 0 Å². The predicted molar refractivity (Wildman–Crippen MR) is 138 cm³/mol. The van der Waals surface area contributed by atoms with Gasteiger partial charge in [0, 0.05) is 19.4 Å². The summed E-state index contributed by atoms with van der Waals surface area (Å²) in [6.07, 6.45) is 7.67. The zero-order chi connectivity index (χ0) is 28.0. The Balaban J connectivity index is 1.49. The summed E-state index contributed by atoms with van der Waals surface area (Å²) >= 11 is 0. The van der Waals surface area contributed by atoms with E-state index in [-0.39, 0.29) is 36.5 Å². The highest BCUT2D eigenvalue weighted by molar-refractivity contribution is 5.87. The number of aliphatic carboxylic acids is 1. The number of allylic oxidation sites excluding steroid dienone is 2. The molecule has 10 heteroatoms. The summed E-state index contributed by atoms with van der Waals surface area (Å²) in [5, 5.41) is 22.8. The van der Waals surface area contributed by atoms with Gasteiger partial charge in [-0.25, -0.2) is 0 Å². The van der Waals surface area contributed by atoms with E-state index in [0.717, 1.165) is 12.0 Å². The molecule has 3 fully saturated rings. The van der Waals surface area contributed by atoms with Crippen molar-refractivity contribution in [3.8, 4) is 0 Å². The van der Waals surface area contributed by atoms with Gasteiger partial charge < -0.3 is 34.5 Å². The van der Waals surface area contributed by atoms with Crippen LogP contribution >= 0.6 is 0 Å². The zero-order valence-corrected chi connectivity index (χ0v) is 22.8. The molecule has 3 aliphatic heterocycles. The van der Waals surface area contributed by atoms with Crippen LogP contribution in [0.4, 0.5) is 0 Å². The Kier molecular flexibility index (Phi) is 10.3. The zero-order valence-electron chi connectivity index (χ0n) is 22.8. The number of carbonyl (C=O) groups excluding carboxylic acids is 2. The number of amides is 1. The van der Waals surface area contributed by atoms with Crippen LogP contribution in [0.1, 0.15) is 60.3 Å².